The fourth-order valence-electron chi connectivity index (χ4n) is 5.29. The van der Waals surface area contributed by atoms with Crippen molar-refractivity contribution in [2.24, 2.45) is 23.7 Å². The van der Waals surface area contributed by atoms with E-state index in [0.29, 0.717) is 30.7 Å². The Labute approximate surface area is 118 Å². The molecule has 4 aliphatic rings. The van der Waals surface area contributed by atoms with Crippen molar-refractivity contribution in [2.45, 2.75) is 56.5 Å². The topological polar surface area (TPSA) is 78.4 Å². The van der Waals surface area contributed by atoms with Crippen molar-refractivity contribution in [3.8, 4) is 0 Å². The summed E-state index contributed by atoms with van der Waals surface area (Å²) in [6.07, 6.45) is 6.87. The second kappa shape index (κ2) is 4.12. The molecule has 0 spiro atoms. The standard InChI is InChI=1S/C15H22N2O3/c18-13(19)15(5-1-2-6-15)17-14(20)16-12-10-8-3-4-9(7-8)11(10)12/h8-12H,1-7H2,(H,18,19)(H2,16,17,20). The van der Waals surface area contributed by atoms with Crippen LogP contribution in [0.25, 0.3) is 0 Å². The summed E-state index contributed by atoms with van der Waals surface area (Å²) < 4.78 is 0. The molecule has 0 saturated heterocycles. The van der Waals surface area contributed by atoms with E-state index >= 15 is 0 Å². The van der Waals surface area contributed by atoms with E-state index in [9.17, 15) is 14.7 Å². The third-order valence-corrected chi connectivity index (χ3v) is 6.25. The quantitative estimate of drug-likeness (QED) is 0.735. The summed E-state index contributed by atoms with van der Waals surface area (Å²) in [5.74, 6) is 2.11. The lowest BCUT2D eigenvalue weighted by Crippen LogP contribution is -2.56. The molecule has 0 aromatic heterocycles. The largest absolute Gasteiger partial charge is 0.480 e. The van der Waals surface area contributed by atoms with Gasteiger partial charge in [-0.1, -0.05) is 12.8 Å². The van der Waals surface area contributed by atoms with Gasteiger partial charge in [0, 0.05) is 6.04 Å². The molecule has 3 N–H and O–H groups in total. The predicted octanol–water partition coefficient (Wildman–Crippen LogP) is 1.73. The van der Waals surface area contributed by atoms with E-state index in [1.54, 1.807) is 0 Å². The Morgan fingerprint density at radius 2 is 1.65 bits per heavy atom. The maximum atomic E-state index is 12.1. The number of amides is 2. The molecule has 5 heteroatoms. The molecule has 4 rings (SSSR count). The molecule has 4 unspecified atom stereocenters. The normalized spacial score (nSPS) is 43.1. The van der Waals surface area contributed by atoms with Crippen LogP contribution in [0.5, 0.6) is 0 Å². The minimum absolute atomic E-state index is 0.270. The van der Waals surface area contributed by atoms with E-state index in [-0.39, 0.29) is 6.03 Å². The molecule has 2 amide bonds. The van der Waals surface area contributed by atoms with Gasteiger partial charge >= 0.3 is 12.0 Å². The van der Waals surface area contributed by atoms with Gasteiger partial charge in [-0.15, -0.1) is 0 Å². The number of rotatable bonds is 3. The molecule has 4 fully saturated rings. The molecular weight excluding hydrogens is 256 g/mol. The first-order chi connectivity index (χ1) is 9.61. The van der Waals surface area contributed by atoms with Gasteiger partial charge in [0.1, 0.15) is 5.54 Å². The Hall–Kier alpha value is -1.26. The third-order valence-electron chi connectivity index (χ3n) is 6.25. The third kappa shape index (κ3) is 1.68. The molecule has 0 radical (unpaired) electrons. The summed E-state index contributed by atoms with van der Waals surface area (Å²) in [4.78, 5) is 23.6. The monoisotopic (exact) mass is 278 g/mol. The van der Waals surface area contributed by atoms with Crippen LogP contribution in [-0.2, 0) is 4.79 Å². The number of aliphatic carboxylic acids is 1. The highest BCUT2D eigenvalue weighted by atomic mass is 16.4. The smallest absolute Gasteiger partial charge is 0.329 e. The maximum absolute atomic E-state index is 12.1. The van der Waals surface area contributed by atoms with Crippen LogP contribution in [-0.4, -0.2) is 28.7 Å². The first-order valence-corrected chi connectivity index (χ1v) is 7.93. The minimum atomic E-state index is -1.02. The number of carbonyl (C=O) groups is 2. The van der Waals surface area contributed by atoms with Crippen molar-refractivity contribution in [1.29, 1.82) is 0 Å². The van der Waals surface area contributed by atoms with Gasteiger partial charge in [-0.3, -0.25) is 0 Å². The Morgan fingerprint density at radius 3 is 2.20 bits per heavy atom. The fourth-order valence-corrected chi connectivity index (χ4v) is 5.29. The Bertz CT molecular complexity index is 442. The van der Waals surface area contributed by atoms with E-state index in [2.05, 4.69) is 10.6 Å². The Morgan fingerprint density at radius 1 is 1.05 bits per heavy atom. The lowest BCUT2D eigenvalue weighted by molar-refractivity contribution is -0.144. The second-order valence-corrected chi connectivity index (χ2v) is 7.21. The number of urea groups is 1. The maximum Gasteiger partial charge on any atom is 0.329 e. The van der Waals surface area contributed by atoms with Crippen LogP contribution >= 0.6 is 0 Å². The van der Waals surface area contributed by atoms with Gasteiger partial charge in [-0.05, 0) is 55.8 Å². The first-order valence-electron chi connectivity index (χ1n) is 7.93. The number of carboxylic acid groups (broad SMARTS) is 1. The Kier molecular flexibility index (Phi) is 2.57. The van der Waals surface area contributed by atoms with E-state index in [0.717, 1.165) is 24.7 Å². The molecule has 0 aromatic rings. The summed E-state index contributed by atoms with van der Waals surface area (Å²) in [5, 5.41) is 15.2. The lowest BCUT2D eigenvalue weighted by Gasteiger charge is -2.25. The van der Waals surface area contributed by atoms with Crippen LogP contribution in [0.4, 0.5) is 4.79 Å². The molecule has 110 valence electrons. The highest BCUT2D eigenvalue weighted by Gasteiger charge is 2.65. The van der Waals surface area contributed by atoms with Gasteiger partial charge in [0.25, 0.3) is 0 Å². The number of carbonyl (C=O) groups excluding carboxylic acids is 1. The molecule has 20 heavy (non-hydrogen) atoms. The number of nitrogens with one attached hydrogen (secondary N) is 2. The van der Waals surface area contributed by atoms with Crippen molar-refractivity contribution in [3.05, 3.63) is 0 Å². The average molecular weight is 278 g/mol. The zero-order valence-corrected chi connectivity index (χ0v) is 11.6. The molecule has 5 nitrogen and oxygen atoms in total. The molecule has 4 saturated carbocycles. The van der Waals surface area contributed by atoms with Crippen LogP contribution in [0, 0.1) is 23.7 Å². The van der Waals surface area contributed by atoms with Gasteiger partial charge in [-0.2, -0.15) is 0 Å². The molecule has 0 aliphatic heterocycles. The zero-order chi connectivity index (χ0) is 13.9. The number of hydrogen-bond donors (Lipinski definition) is 3. The zero-order valence-electron chi connectivity index (χ0n) is 11.6. The minimum Gasteiger partial charge on any atom is -0.480 e. The summed E-state index contributed by atoms with van der Waals surface area (Å²) in [6, 6.07) is 0.0431. The number of fused-ring (bicyclic) bond motifs is 5. The highest BCUT2D eigenvalue weighted by Crippen LogP contribution is 2.65. The summed E-state index contributed by atoms with van der Waals surface area (Å²) in [6.45, 7) is 0. The second-order valence-electron chi connectivity index (χ2n) is 7.21. The van der Waals surface area contributed by atoms with Crippen LogP contribution in [0.15, 0.2) is 0 Å². The van der Waals surface area contributed by atoms with Crippen molar-refractivity contribution >= 4 is 12.0 Å². The van der Waals surface area contributed by atoms with E-state index in [4.69, 9.17) is 0 Å². The van der Waals surface area contributed by atoms with Crippen molar-refractivity contribution in [3.63, 3.8) is 0 Å². The van der Waals surface area contributed by atoms with Crippen LogP contribution in [0.3, 0.4) is 0 Å². The molecular formula is C15H22N2O3. The SMILES string of the molecule is O=C(NC1C2C3CCC(C3)C12)NC1(C(=O)O)CCCC1. The lowest BCUT2D eigenvalue weighted by atomic mass is 9.98. The number of carboxylic acids is 1. The van der Waals surface area contributed by atoms with Crippen LogP contribution in [0.1, 0.15) is 44.9 Å². The van der Waals surface area contributed by atoms with Crippen molar-refractivity contribution in [1.82, 2.24) is 10.6 Å². The highest BCUT2D eigenvalue weighted by molar-refractivity contribution is 5.86. The van der Waals surface area contributed by atoms with Gasteiger partial charge in [0.05, 0.1) is 0 Å². The first kappa shape index (κ1) is 12.5. The van der Waals surface area contributed by atoms with Gasteiger partial charge < -0.3 is 15.7 Å². The van der Waals surface area contributed by atoms with Crippen LogP contribution in [0.2, 0.25) is 0 Å². The van der Waals surface area contributed by atoms with E-state index in [1.807, 2.05) is 0 Å². The van der Waals surface area contributed by atoms with Crippen molar-refractivity contribution < 1.29 is 14.7 Å². The summed E-state index contributed by atoms with van der Waals surface area (Å²) in [5.41, 5.74) is -1.02. The van der Waals surface area contributed by atoms with E-state index in [1.165, 1.54) is 19.3 Å². The molecule has 0 heterocycles. The summed E-state index contributed by atoms with van der Waals surface area (Å²) in [7, 11) is 0. The molecule has 0 aromatic carbocycles. The average Bonchev–Trinajstić information content (AvgIpc) is 2.83. The summed E-state index contributed by atoms with van der Waals surface area (Å²) >= 11 is 0. The van der Waals surface area contributed by atoms with Crippen LogP contribution < -0.4 is 10.6 Å². The predicted molar refractivity (Wildman–Crippen MR) is 72.1 cm³/mol. The van der Waals surface area contributed by atoms with Gasteiger partial charge in [0.2, 0.25) is 0 Å². The molecule has 2 bridgehead atoms. The molecule has 4 atom stereocenters. The molecule has 4 aliphatic carbocycles. The Balaban J connectivity index is 1.36. The van der Waals surface area contributed by atoms with Gasteiger partial charge in [-0.25, -0.2) is 9.59 Å². The number of hydrogen-bond acceptors (Lipinski definition) is 2. The fraction of sp³-hybridized carbons (Fsp3) is 0.867. The van der Waals surface area contributed by atoms with E-state index < -0.39 is 11.5 Å². The van der Waals surface area contributed by atoms with Crippen molar-refractivity contribution in [2.75, 3.05) is 0 Å². The van der Waals surface area contributed by atoms with Gasteiger partial charge in [0.15, 0.2) is 0 Å².